The van der Waals surface area contributed by atoms with Gasteiger partial charge >= 0.3 is 0 Å². The molecule has 310 valence electrons. The van der Waals surface area contributed by atoms with Crippen LogP contribution >= 0.6 is 0 Å². The summed E-state index contributed by atoms with van der Waals surface area (Å²) >= 11 is 0. The number of fused-ring (bicyclic) bond motifs is 6. The number of rotatable bonds is 7. The Hall–Kier alpha value is -8.85. The monoisotopic (exact) mass is 849 g/mol. The van der Waals surface area contributed by atoms with Crippen molar-refractivity contribution in [2.45, 2.75) is 0 Å². The Bertz CT molecular complexity index is 3450. The molecule has 10 aromatic carbocycles. The molecule has 0 saturated carbocycles. The first-order valence-corrected chi connectivity index (χ1v) is 21.9. The maximum Gasteiger partial charge on any atom is 0.126 e. The van der Waals surface area contributed by atoms with Crippen molar-refractivity contribution < 1.29 is 8.78 Å². The molecule has 0 spiro atoms. The van der Waals surface area contributed by atoms with Gasteiger partial charge in [-0.2, -0.15) is 5.26 Å². The first-order valence-electron chi connectivity index (χ1n) is 21.9. The van der Waals surface area contributed by atoms with E-state index < -0.39 is 11.6 Å². The lowest BCUT2D eigenvalue weighted by atomic mass is 9.99. The standard InChI is InChI=1S/C61H37F2N3/c62-49-29-47(30-50(63)37-49)48-35-60(65-56-31-43(39-13-5-1-6-14-39)21-25-51(56)52-26-22-44(32-57(52)65)40-15-7-2-8-16-40)55(38-64)61(36-48)66-58-33-45(41-17-9-3-10-18-41)23-27-53(58)54-28-24-46(34-59(54)66)42-19-11-4-12-20-42/h1-37H. The Morgan fingerprint density at radius 1 is 0.288 bits per heavy atom. The highest BCUT2D eigenvalue weighted by Gasteiger charge is 2.24. The zero-order valence-corrected chi connectivity index (χ0v) is 35.5. The minimum Gasteiger partial charge on any atom is -0.308 e. The largest absolute Gasteiger partial charge is 0.308 e. The number of aromatic nitrogens is 2. The normalized spacial score (nSPS) is 11.5. The molecule has 66 heavy (non-hydrogen) atoms. The van der Waals surface area contributed by atoms with Crippen LogP contribution in [0.25, 0.3) is 111 Å². The van der Waals surface area contributed by atoms with Crippen LogP contribution in [0.15, 0.2) is 224 Å². The van der Waals surface area contributed by atoms with Crippen LogP contribution in [0.3, 0.4) is 0 Å². The van der Waals surface area contributed by atoms with Gasteiger partial charge in [-0.25, -0.2) is 8.78 Å². The van der Waals surface area contributed by atoms with E-state index in [-0.39, 0.29) is 0 Å². The van der Waals surface area contributed by atoms with Crippen LogP contribution in [-0.4, -0.2) is 9.13 Å². The van der Waals surface area contributed by atoms with Gasteiger partial charge in [-0.05, 0) is 104 Å². The van der Waals surface area contributed by atoms with E-state index in [1.807, 2.05) is 84.9 Å². The summed E-state index contributed by atoms with van der Waals surface area (Å²) < 4.78 is 35.1. The summed E-state index contributed by atoms with van der Waals surface area (Å²) in [5.74, 6) is -1.38. The fourth-order valence-electron chi connectivity index (χ4n) is 9.76. The van der Waals surface area contributed by atoms with Crippen LogP contribution in [0.4, 0.5) is 8.78 Å². The second-order valence-corrected chi connectivity index (χ2v) is 16.7. The third-order valence-electron chi connectivity index (χ3n) is 12.8. The molecule has 0 fully saturated rings. The SMILES string of the molecule is N#Cc1c(-n2c3cc(-c4ccccc4)ccc3c3ccc(-c4ccccc4)cc32)cc(-c2cc(F)cc(F)c2)cc1-n1c2cc(-c3ccccc3)ccc2c2ccc(-c3ccccc3)cc21. The average molecular weight is 850 g/mol. The molecule has 2 heterocycles. The van der Waals surface area contributed by atoms with E-state index in [9.17, 15) is 5.26 Å². The zero-order valence-electron chi connectivity index (χ0n) is 35.5. The molecule has 0 aliphatic rings. The van der Waals surface area contributed by atoms with Gasteiger partial charge in [0.25, 0.3) is 0 Å². The van der Waals surface area contributed by atoms with Crippen LogP contribution in [0.2, 0.25) is 0 Å². The highest BCUT2D eigenvalue weighted by molar-refractivity contribution is 6.13. The first-order chi connectivity index (χ1) is 32.5. The van der Waals surface area contributed by atoms with E-state index in [0.29, 0.717) is 28.1 Å². The van der Waals surface area contributed by atoms with Gasteiger partial charge in [0.2, 0.25) is 0 Å². The van der Waals surface area contributed by atoms with Crippen molar-refractivity contribution in [1.82, 2.24) is 9.13 Å². The first kappa shape index (κ1) is 38.8. The molecule has 0 atom stereocenters. The summed E-state index contributed by atoms with van der Waals surface area (Å²) in [6.45, 7) is 0. The Labute approximate surface area is 379 Å². The number of halogens is 2. The van der Waals surface area contributed by atoms with Crippen LogP contribution in [-0.2, 0) is 0 Å². The van der Waals surface area contributed by atoms with E-state index in [0.717, 1.165) is 94.2 Å². The molecule has 0 aliphatic heterocycles. The highest BCUT2D eigenvalue weighted by Crippen LogP contribution is 2.43. The van der Waals surface area contributed by atoms with E-state index in [4.69, 9.17) is 0 Å². The van der Waals surface area contributed by atoms with E-state index in [1.165, 1.54) is 12.1 Å². The second kappa shape index (κ2) is 15.7. The molecular weight excluding hydrogens is 813 g/mol. The fraction of sp³-hybridized carbons (Fsp3) is 0. The lowest BCUT2D eigenvalue weighted by Gasteiger charge is -2.19. The van der Waals surface area contributed by atoms with Gasteiger partial charge in [-0.15, -0.1) is 0 Å². The van der Waals surface area contributed by atoms with Crippen LogP contribution < -0.4 is 0 Å². The zero-order chi connectivity index (χ0) is 44.3. The maximum atomic E-state index is 15.4. The van der Waals surface area contributed by atoms with Crippen molar-refractivity contribution in [3.05, 3.63) is 242 Å². The third kappa shape index (κ3) is 6.55. The van der Waals surface area contributed by atoms with Gasteiger partial charge in [0.15, 0.2) is 0 Å². The van der Waals surface area contributed by atoms with Crippen molar-refractivity contribution in [2.24, 2.45) is 0 Å². The molecule has 0 amide bonds. The predicted molar refractivity (Wildman–Crippen MR) is 267 cm³/mol. The number of benzene rings is 10. The molecule has 2 aromatic heterocycles. The van der Waals surface area contributed by atoms with Crippen LogP contribution in [0, 0.1) is 23.0 Å². The van der Waals surface area contributed by atoms with Gasteiger partial charge < -0.3 is 9.13 Å². The summed E-state index contributed by atoms with van der Waals surface area (Å²) in [7, 11) is 0. The maximum absolute atomic E-state index is 15.4. The van der Waals surface area contributed by atoms with E-state index in [1.54, 1.807) is 0 Å². The minimum absolute atomic E-state index is 0.353. The fourth-order valence-corrected chi connectivity index (χ4v) is 9.76. The van der Waals surface area contributed by atoms with E-state index in [2.05, 4.69) is 137 Å². The molecule has 3 nitrogen and oxygen atoms in total. The molecule has 0 bridgehead atoms. The highest BCUT2D eigenvalue weighted by atomic mass is 19.1. The topological polar surface area (TPSA) is 33.6 Å². The summed E-state index contributed by atoms with van der Waals surface area (Å²) in [6, 6.07) is 77.0. The molecule has 12 aromatic rings. The molecule has 12 rings (SSSR count). The average Bonchev–Trinajstić information content (AvgIpc) is 3.87. The predicted octanol–water partition coefficient (Wildman–Crippen LogP) is 16.4. The summed E-state index contributed by atoms with van der Waals surface area (Å²) in [5, 5.41) is 15.8. The van der Waals surface area contributed by atoms with Crippen LogP contribution in [0.5, 0.6) is 0 Å². The number of nitriles is 1. The van der Waals surface area contributed by atoms with Crippen molar-refractivity contribution in [2.75, 3.05) is 0 Å². The molecule has 0 unspecified atom stereocenters. The van der Waals surface area contributed by atoms with Gasteiger partial charge in [0, 0.05) is 27.6 Å². The molecule has 0 aliphatic carbocycles. The van der Waals surface area contributed by atoms with Crippen molar-refractivity contribution in [1.29, 1.82) is 5.26 Å². The lowest BCUT2D eigenvalue weighted by molar-refractivity contribution is 0.584. The molecule has 5 heteroatoms. The van der Waals surface area contributed by atoms with Crippen molar-refractivity contribution in [3.63, 3.8) is 0 Å². The molecule has 0 N–H and O–H groups in total. The number of hydrogen-bond donors (Lipinski definition) is 0. The van der Waals surface area contributed by atoms with Gasteiger partial charge in [-0.3, -0.25) is 0 Å². The second-order valence-electron chi connectivity index (χ2n) is 16.7. The smallest absolute Gasteiger partial charge is 0.126 e. The summed E-state index contributed by atoms with van der Waals surface area (Å²) in [5.41, 5.74) is 14.3. The quantitative estimate of drug-likeness (QED) is 0.157. The Kier molecular flexibility index (Phi) is 9.25. The Morgan fingerprint density at radius 2 is 0.576 bits per heavy atom. The number of nitrogens with zero attached hydrogens (tertiary/aromatic N) is 3. The van der Waals surface area contributed by atoms with Gasteiger partial charge in [0.05, 0.1) is 33.4 Å². The van der Waals surface area contributed by atoms with E-state index >= 15 is 8.78 Å². The molecule has 0 saturated heterocycles. The summed E-state index contributed by atoms with van der Waals surface area (Å²) in [4.78, 5) is 0. The third-order valence-corrected chi connectivity index (χ3v) is 12.8. The minimum atomic E-state index is -0.689. The lowest BCUT2D eigenvalue weighted by Crippen LogP contribution is -2.05. The molecule has 0 radical (unpaired) electrons. The molecular formula is C61H37F2N3. The summed E-state index contributed by atoms with van der Waals surface area (Å²) in [6.07, 6.45) is 0. The van der Waals surface area contributed by atoms with Crippen molar-refractivity contribution >= 4 is 43.6 Å². The number of hydrogen-bond acceptors (Lipinski definition) is 1. The Morgan fingerprint density at radius 3 is 0.864 bits per heavy atom. The Balaban J connectivity index is 1.24. The van der Waals surface area contributed by atoms with Gasteiger partial charge in [0.1, 0.15) is 23.3 Å². The van der Waals surface area contributed by atoms with Crippen LogP contribution in [0.1, 0.15) is 5.56 Å². The van der Waals surface area contributed by atoms with Crippen molar-refractivity contribution in [3.8, 4) is 73.1 Å². The van der Waals surface area contributed by atoms with Gasteiger partial charge in [-0.1, -0.05) is 170 Å².